The molecule has 1 aromatic heterocycles. The molecule has 1 aliphatic heterocycles. The van der Waals surface area contributed by atoms with Crippen molar-refractivity contribution in [2.75, 3.05) is 6.61 Å². The summed E-state index contributed by atoms with van der Waals surface area (Å²) in [6.07, 6.45) is 0.656. The number of H-pyrrole nitrogens is 1. The van der Waals surface area contributed by atoms with Crippen LogP contribution in [0.1, 0.15) is 25.1 Å². The molecule has 100 valence electrons. The van der Waals surface area contributed by atoms with Gasteiger partial charge in [-0.05, 0) is 6.42 Å². The first-order valence-electron chi connectivity index (χ1n) is 5.85. The number of ether oxygens (including phenoxy) is 1. The van der Waals surface area contributed by atoms with Gasteiger partial charge < -0.3 is 14.9 Å². The highest BCUT2D eigenvalue weighted by molar-refractivity contribution is 7.71. The third kappa shape index (κ3) is 2.39. The number of aliphatic hydroxyl groups is 2. The van der Waals surface area contributed by atoms with E-state index in [9.17, 15) is 9.90 Å². The number of hydrogen-bond acceptors (Lipinski definition) is 5. The minimum absolute atomic E-state index is 0.268. The van der Waals surface area contributed by atoms with Crippen molar-refractivity contribution in [3.8, 4) is 0 Å². The molecule has 6 nitrogen and oxygen atoms in total. The highest BCUT2D eigenvalue weighted by Crippen LogP contribution is 2.27. The molecule has 0 spiro atoms. The van der Waals surface area contributed by atoms with Crippen LogP contribution in [0.15, 0.2) is 11.0 Å². The van der Waals surface area contributed by atoms with Crippen LogP contribution in [0.5, 0.6) is 0 Å². The lowest BCUT2D eigenvalue weighted by Gasteiger charge is -2.15. The van der Waals surface area contributed by atoms with Crippen molar-refractivity contribution < 1.29 is 14.9 Å². The van der Waals surface area contributed by atoms with Crippen LogP contribution in [-0.2, 0) is 11.2 Å². The van der Waals surface area contributed by atoms with E-state index in [1.54, 1.807) is 6.20 Å². The molecule has 0 unspecified atom stereocenters. The summed E-state index contributed by atoms with van der Waals surface area (Å²) in [6, 6.07) is 0. The molecule has 3 N–H and O–H groups in total. The van der Waals surface area contributed by atoms with Crippen molar-refractivity contribution in [2.24, 2.45) is 0 Å². The monoisotopic (exact) mass is 272 g/mol. The van der Waals surface area contributed by atoms with Gasteiger partial charge in [0.15, 0.2) is 0 Å². The Morgan fingerprint density at radius 2 is 2.39 bits per heavy atom. The van der Waals surface area contributed by atoms with Crippen molar-refractivity contribution >= 4 is 12.2 Å². The summed E-state index contributed by atoms with van der Waals surface area (Å²) in [7, 11) is 0. The van der Waals surface area contributed by atoms with Crippen LogP contribution in [0.25, 0.3) is 0 Å². The van der Waals surface area contributed by atoms with Crippen molar-refractivity contribution in [1.29, 1.82) is 0 Å². The number of rotatable bonds is 3. The first-order chi connectivity index (χ1) is 8.56. The third-order valence-corrected chi connectivity index (χ3v) is 3.48. The SMILES string of the molecule is CCc1cn([C@H]2C[C@@H](O)[C@H](CO)O2)c(=O)[nH]c1=S. The lowest BCUT2D eigenvalue weighted by atomic mass is 10.2. The smallest absolute Gasteiger partial charge is 0.328 e. The fraction of sp³-hybridized carbons (Fsp3) is 0.636. The van der Waals surface area contributed by atoms with Gasteiger partial charge >= 0.3 is 5.69 Å². The molecule has 0 amide bonds. The molecule has 1 fully saturated rings. The molecule has 1 saturated heterocycles. The molecule has 0 aliphatic carbocycles. The molecule has 0 aromatic carbocycles. The predicted octanol–water partition coefficient (Wildman–Crippen LogP) is 0.109. The zero-order valence-electron chi connectivity index (χ0n) is 10.00. The van der Waals surface area contributed by atoms with Gasteiger partial charge in [0.2, 0.25) is 0 Å². The Bertz CT molecular complexity index is 539. The Balaban J connectivity index is 2.35. The van der Waals surface area contributed by atoms with Crippen LogP contribution >= 0.6 is 12.2 Å². The fourth-order valence-electron chi connectivity index (χ4n) is 2.04. The van der Waals surface area contributed by atoms with Crippen LogP contribution in [0.2, 0.25) is 0 Å². The van der Waals surface area contributed by atoms with Crippen LogP contribution in [-0.4, -0.2) is 38.6 Å². The van der Waals surface area contributed by atoms with Gasteiger partial charge in [0.05, 0.1) is 12.7 Å². The van der Waals surface area contributed by atoms with Crippen LogP contribution < -0.4 is 5.69 Å². The van der Waals surface area contributed by atoms with Gasteiger partial charge in [-0.15, -0.1) is 0 Å². The average molecular weight is 272 g/mol. The van der Waals surface area contributed by atoms with Crippen molar-refractivity contribution in [2.45, 2.75) is 38.2 Å². The normalized spacial score (nSPS) is 27.6. The third-order valence-electron chi connectivity index (χ3n) is 3.12. The zero-order valence-corrected chi connectivity index (χ0v) is 10.8. The molecule has 7 heteroatoms. The number of aryl methyl sites for hydroxylation is 1. The van der Waals surface area contributed by atoms with E-state index in [0.29, 0.717) is 11.1 Å². The highest BCUT2D eigenvalue weighted by atomic mass is 32.1. The second kappa shape index (κ2) is 5.31. The first-order valence-corrected chi connectivity index (χ1v) is 6.26. The van der Waals surface area contributed by atoms with E-state index >= 15 is 0 Å². The van der Waals surface area contributed by atoms with Gasteiger partial charge in [0.25, 0.3) is 0 Å². The van der Waals surface area contributed by atoms with Gasteiger partial charge in [0.1, 0.15) is 17.0 Å². The number of nitrogens with zero attached hydrogens (tertiary/aromatic N) is 1. The van der Waals surface area contributed by atoms with Gasteiger partial charge in [-0.25, -0.2) is 4.79 Å². The van der Waals surface area contributed by atoms with Crippen molar-refractivity contribution in [3.05, 3.63) is 26.9 Å². The number of aliphatic hydroxyl groups excluding tert-OH is 2. The molecule has 0 bridgehead atoms. The Morgan fingerprint density at radius 1 is 1.67 bits per heavy atom. The zero-order chi connectivity index (χ0) is 13.3. The van der Waals surface area contributed by atoms with E-state index in [4.69, 9.17) is 22.1 Å². The Morgan fingerprint density at radius 3 is 2.94 bits per heavy atom. The van der Waals surface area contributed by atoms with Crippen LogP contribution in [0, 0.1) is 4.64 Å². The molecule has 1 aromatic rings. The Hall–Kier alpha value is -1.02. The van der Waals surface area contributed by atoms with Gasteiger partial charge in [-0.1, -0.05) is 19.1 Å². The van der Waals surface area contributed by atoms with Gasteiger partial charge in [-0.3, -0.25) is 9.55 Å². The molecular weight excluding hydrogens is 256 g/mol. The predicted molar refractivity (Wildman–Crippen MR) is 66.9 cm³/mol. The van der Waals surface area contributed by atoms with E-state index in [1.807, 2.05) is 6.92 Å². The molecule has 3 atom stereocenters. The molecular formula is C11H16N2O4S. The molecule has 2 heterocycles. The maximum absolute atomic E-state index is 11.8. The first kappa shape index (κ1) is 13.4. The second-order valence-electron chi connectivity index (χ2n) is 4.29. The largest absolute Gasteiger partial charge is 0.394 e. The molecule has 0 saturated carbocycles. The average Bonchev–Trinajstić information content (AvgIpc) is 2.70. The minimum atomic E-state index is -0.764. The Kier molecular flexibility index (Phi) is 3.96. The van der Waals surface area contributed by atoms with Crippen LogP contribution in [0.3, 0.4) is 0 Å². The molecule has 1 aliphatic rings. The quantitative estimate of drug-likeness (QED) is 0.680. The lowest BCUT2D eigenvalue weighted by molar-refractivity contribution is -0.0459. The van der Waals surface area contributed by atoms with Gasteiger partial charge in [0, 0.05) is 18.2 Å². The summed E-state index contributed by atoms with van der Waals surface area (Å²) < 4.78 is 7.25. The van der Waals surface area contributed by atoms with Gasteiger partial charge in [-0.2, -0.15) is 0 Å². The number of nitrogens with one attached hydrogen (secondary N) is 1. The summed E-state index contributed by atoms with van der Waals surface area (Å²) in [4.78, 5) is 14.4. The maximum atomic E-state index is 11.8. The topological polar surface area (TPSA) is 87.5 Å². The van der Waals surface area contributed by atoms with E-state index in [0.717, 1.165) is 5.56 Å². The number of aromatic nitrogens is 2. The van der Waals surface area contributed by atoms with E-state index < -0.39 is 18.4 Å². The molecule has 2 rings (SSSR count). The van der Waals surface area contributed by atoms with Crippen LogP contribution in [0.4, 0.5) is 0 Å². The van der Waals surface area contributed by atoms with Crippen molar-refractivity contribution in [3.63, 3.8) is 0 Å². The Labute approximate surface area is 109 Å². The number of hydrogen-bond donors (Lipinski definition) is 3. The fourth-order valence-corrected chi connectivity index (χ4v) is 2.33. The summed E-state index contributed by atoms with van der Waals surface area (Å²) >= 11 is 5.04. The summed E-state index contributed by atoms with van der Waals surface area (Å²) in [5.74, 6) is 0. The maximum Gasteiger partial charge on any atom is 0.328 e. The lowest BCUT2D eigenvalue weighted by Crippen LogP contribution is -2.28. The van der Waals surface area contributed by atoms with Crippen molar-refractivity contribution in [1.82, 2.24) is 9.55 Å². The summed E-state index contributed by atoms with van der Waals surface area (Å²) in [5, 5.41) is 18.7. The van der Waals surface area contributed by atoms with E-state index in [2.05, 4.69) is 4.98 Å². The highest BCUT2D eigenvalue weighted by Gasteiger charge is 2.34. The van der Waals surface area contributed by atoms with E-state index in [-0.39, 0.29) is 18.7 Å². The standard InChI is InChI=1S/C11H16N2O4S/c1-2-6-4-13(11(16)12-10(6)18)9-3-7(15)8(5-14)17-9/h4,7-9,14-15H,2-3,5H2,1H3,(H,12,16,18)/t7-,8+,9-/m1/s1. The van der Waals surface area contributed by atoms with E-state index in [1.165, 1.54) is 4.57 Å². The molecule has 0 radical (unpaired) electrons. The second-order valence-corrected chi connectivity index (χ2v) is 4.70. The molecule has 18 heavy (non-hydrogen) atoms. The summed E-state index contributed by atoms with van der Waals surface area (Å²) in [5.41, 5.74) is 0.475. The minimum Gasteiger partial charge on any atom is -0.394 e. The summed E-state index contributed by atoms with van der Waals surface area (Å²) in [6.45, 7) is 1.67. The number of aromatic amines is 1.